The number of hydrogen-bond acceptors (Lipinski definition) is 5. The summed E-state index contributed by atoms with van der Waals surface area (Å²) in [6.45, 7) is 0.576. The molecular formula is C14H19N3O3S. The van der Waals surface area contributed by atoms with Gasteiger partial charge >= 0.3 is 0 Å². The molecule has 0 aliphatic carbocycles. The first-order chi connectivity index (χ1) is 9.82. The van der Waals surface area contributed by atoms with Crippen LogP contribution in [-0.4, -0.2) is 33.9 Å². The number of nitrogens with two attached hydrogens (primary N) is 1. The summed E-state index contributed by atoms with van der Waals surface area (Å²) in [6, 6.07) is 6.56. The highest BCUT2D eigenvalue weighted by Gasteiger charge is 2.19. The van der Waals surface area contributed by atoms with Gasteiger partial charge in [-0.3, -0.25) is 0 Å². The lowest BCUT2D eigenvalue weighted by molar-refractivity contribution is 0.521. The quantitative estimate of drug-likeness (QED) is 0.851. The molecule has 0 unspecified atom stereocenters. The van der Waals surface area contributed by atoms with Crippen molar-refractivity contribution in [1.29, 1.82) is 0 Å². The molecule has 1 heterocycles. The molecule has 0 saturated carbocycles. The summed E-state index contributed by atoms with van der Waals surface area (Å²) in [5, 5.41) is 0. The van der Waals surface area contributed by atoms with Gasteiger partial charge in [0.15, 0.2) is 0 Å². The minimum Gasteiger partial charge on any atom is -0.472 e. The zero-order valence-electron chi connectivity index (χ0n) is 12.3. The van der Waals surface area contributed by atoms with Gasteiger partial charge in [-0.2, -0.15) is 0 Å². The van der Waals surface area contributed by atoms with Gasteiger partial charge in [0.25, 0.3) is 0 Å². The average Bonchev–Trinajstić information content (AvgIpc) is 2.91. The molecule has 0 fully saturated rings. The second-order valence-electron chi connectivity index (χ2n) is 5.00. The van der Waals surface area contributed by atoms with Crippen LogP contribution >= 0.6 is 0 Å². The van der Waals surface area contributed by atoms with Crippen LogP contribution in [0.2, 0.25) is 0 Å². The van der Waals surface area contributed by atoms with E-state index >= 15 is 0 Å². The Kier molecular flexibility index (Phi) is 4.24. The third kappa shape index (κ3) is 3.20. The molecule has 7 heteroatoms. The predicted molar refractivity (Wildman–Crippen MR) is 82.5 cm³/mol. The first kappa shape index (κ1) is 15.4. The summed E-state index contributed by atoms with van der Waals surface area (Å²) in [7, 11) is 1.37. The zero-order chi connectivity index (χ0) is 15.6. The lowest BCUT2D eigenvalue weighted by atomic mass is 10.2. The predicted octanol–water partition coefficient (Wildman–Crippen LogP) is 1.75. The number of rotatable bonds is 5. The van der Waals surface area contributed by atoms with E-state index < -0.39 is 10.0 Å². The Labute approximate surface area is 124 Å². The van der Waals surface area contributed by atoms with E-state index in [1.807, 2.05) is 18.0 Å². The van der Waals surface area contributed by atoms with Gasteiger partial charge in [0.1, 0.15) is 0 Å². The molecule has 0 aliphatic rings. The van der Waals surface area contributed by atoms with Gasteiger partial charge in [-0.1, -0.05) is 0 Å². The highest BCUT2D eigenvalue weighted by Crippen LogP contribution is 2.28. The first-order valence-corrected chi connectivity index (χ1v) is 7.80. The summed E-state index contributed by atoms with van der Waals surface area (Å²) < 4.78 is 30.6. The Morgan fingerprint density at radius 3 is 2.48 bits per heavy atom. The molecular weight excluding hydrogens is 290 g/mol. The van der Waals surface area contributed by atoms with Gasteiger partial charge in [0.05, 0.1) is 28.8 Å². The van der Waals surface area contributed by atoms with E-state index in [1.54, 1.807) is 24.7 Å². The number of nitrogens with zero attached hydrogens (tertiary/aromatic N) is 2. The van der Waals surface area contributed by atoms with Crippen molar-refractivity contribution in [3.05, 3.63) is 42.4 Å². The molecule has 6 nitrogen and oxygen atoms in total. The van der Waals surface area contributed by atoms with Crippen LogP contribution in [0.3, 0.4) is 0 Å². The summed E-state index contributed by atoms with van der Waals surface area (Å²) in [5.74, 6) is 0. The maximum absolute atomic E-state index is 12.2. The van der Waals surface area contributed by atoms with Gasteiger partial charge in [-0.25, -0.2) is 12.7 Å². The third-order valence-electron chi connectivity index (χ3n) is 3.19. The van der Waals surface area contributed by atoms with Crippen LogP contribution in [0.5, 0.6) is 0 Å². The lowest BCUT2D eigenvalue weighted by Crippen LogP contribution is -2.23. The van der Waals surface area contributed by atoms with E-state index in [4.69, 9.17) is 10.2 Å². The molecule has 21 heavy (non-hydrogen) atoms. The Bertz CT molecular complexity index is 709. The highest BCUT2D eigenvalue weighted by atomic mass is 32.2. The van der Waals surface area contributed by atoms with Crippen molar-refractivity contribution < 1.29 is 12.8 Å². The van der Waals surface area contributed by atoms with Crippen molar-refractivity contribution in [3.8, 4) is 0 Å². The lowest BCUT2D eigenvalue weighted by Gasteiger charge is -2.22. The summed E-state index contributed by atoms with van der Waals surface area (Å²) in [5.41, 5.74) is 8.14. The maximum atomic E-state index is 12.2. The fourth-order valence-corrected chi connectivity index (χ4v) is 2.89. The van der Waals surface area contributed by atoms with E-state index in [2.05, 4.69) is 0 Å². The van der Waals surface area contributed by atoms with Gasteiger partial charge in [-0.05, 0) is 24.3 Å². The molecule has 2 rings (SSSR count). The number of hydrogen-bond donors (Lipinski definition) is 1. The number of benzene rings is 1. The third-order valence-corrected chi connectivity index (χ3v) is 5.00. The van der Waals surface area contributed by atoms with E-state index in [9.17, 15) is 8.42 Å². The highest BCUT2D eigenvalue weighted by molar-refractivity contribution is 7.89. The normalized spacial score (nSPS) is 11.8. The zero-order valence-corrected chi connectivity index (χ0v) is 13.1. The summed E-state index contributed by atoms with van der Waals surface area (Å²) in [6.07, 6.45) is 3.24. The minimum absolute atomic E-state index is 0.218. The molecule has 0 amide bonds. The van der Waals surface area contributed by atoms with Crippen LogP contribution in [0.4, 0.5) is 11.4 Å². The van der Waals surface area contributed by atoms with Gasteiger partial charge in [0, 0.05) is 33.3 Å². The Hall–Kier alpha value is -1.99. The molecule has 114 valence electrons. The van der Waals surface area contributed by atoms with Crippen molar-refractivity contribution in [3.63, 3.8) is 0 Å². The Morgan fingerprint density at radius 1 is 1.19 bits per heavy atom. The minimum atomic E-state index is -3.48. The van der Waals surface area contributed by atoms with Crippen LogP contribution in [0.25, 0.3) is 0 Å². The monoisotopic (exact) mass is 309 g/mol. The van der Waals surface area contributed by atoms with Crippen LogP contribution in [0.1, 0.15) is 5.56 Å². The van der Waals surface area contributed by atoms with Gasteiger partial charge in [-0.15, -0.1) is 0 Å². The van der Waals surface area contributed by atoms with Crippen molar-refractivity contribution in [2.75, 3.05) is 31.8 Å². The fraction of sp³-hybridized carbons (Fsp3) is 0.286. The second kappa shape index (κ2) is 5.79. The van der Waals surface area contributed by atoms with Crippen LogP contribution < -0.4 is 10.6 Å². The maximum Gasteiger partial charge on any atom is 0.242 e. The van der Waals surface area contributed by atoms with Crippen molar-refractivity contribution in [2.24, 2.45) is 0 Å². The van der Waals surface area contributed by atoms with E-state index in [0.717, 1.165) is 5.56 Å². The number of furan rings is 1. The van der Waals surface area contributed by atoms with Crippen molar-refractivity contribution in [2.45, 2.75) is 11.4 Å². The molecule has 0 radical (unpaired) electrons. The van der Waals surface area contributed by atoms with Crippen molar-refractivity contribution >= 4 is 21.4 Å². The molecule has 0 saturated heterocycles. The molecule has 0 atom stereocenters. The largest absolute Gasteiger partial charge is 0.472 e. The van der Waals surface area contributed by atoms with Crippen LogP contribution in [-0.2, 0) is 16.6 Å². The van der Waals surface area contributed by atoms with Crippen LogP contribution in [0.15, 0.2) is 46.1 Å². The molecule has 0 aliphatic heterocycles. The Morgan fingerprint density at radius 2 is 1.90 bits per heavy atom. The van der Waals surface area contributed by atoms with E-state index in [-0.39, 0.29) is 4.90 Å². The van der Waals surface area contributed by atoms with E-state index in [1.165, 1.54) is 24.5 Å². The second-order valence-corrected chi connectivity index (χ2v) is 7.15. The SMILES string of the molecule is CN(Cc1ccoc1)c1cc(S(=O)(=O)N(C)C)ccc1N. The topological polar surface area (TPSA) is 79.8 Å². The van der Waals surface area contributed by atoms with Crippen molar-refractivity contribution in [1.82, 2.24) is 4.31 Å². The number of nitrogen functional groups attached to an aromatic ring is 1. The van der Waals surface area contributed by atoms with Crippen LogP contribution in [0, 0.1) is 0 Å². The molecule has 0 spiro atoms. The molecule has 2 aromatic rings. The van der Waals surface area contributed by atoms with E-state index in [0.29, 0.717) is 17.9 Å². The Balaban J connectivity index is 2.35. The number of anilines is 2. The smallest absolute Gasteiger partial charge is 0.242 e. The first-order valence-electron chi connectivity index (χ1n) is 6.36. The number of sulfonamides is 1. The standard InChI is InChI=1S/C14H19N3O3S/c1-16(2)21(18,19)12-4-5-13(15)14(8-12)17(3)9-11-6-7-20-10-11/h4-8,10H,9,15H2,1-3H3. The van der Waals surface area contributed by atoms with Gasteiger partial charge < -0.3 is 15.1 Å². The van der Waals surface area contributed by atoms with Gasteiger partial charge in [0.2, 0.25) is 10.0 Å². The molecule has 0 bridgehead atoms. The molecule has 2 N–H and O–H groups in total. The summed E-state index contributed by atoms with van der Waals surface area (Å²) >= 11 is 0. The molecule has 1 aromatic carbocycles. The molecule has 1 aromatic heterocycles. The summed E-state index contributed by atoms with van der Waals surface area (Å²) in [4.78, 5) is 2.10. The average molecular weight is 309 g/mol. The fourth-order valence-electron chi connectivity index (χ4n) is 1.97.